The van der Waals surface area contributed by atoms with E-state index in [0.717, 1.165) is 28.5 Å². The van der Waals surface area contributed by atoms with Crippen LogP contribution in [-0.4, -0.2) is 12.3 Å². The maximum Gasteiger partial charge on any atom is 0.416 e. The lowest BCUT2D eigenvalue weighted by Gasteiger charge is -2.16. The van der Waals surface area contributed by atoms with Crippen molar-refractivity contribution in [2.24, 2.45) is 0 Å². The topological polar surface area (TPSA) is 29.1 Å². The van der Waals surface area contributed by atoms with E-state index in [1.165, 1.54) is 12.1 Å². The molecular weight excluding hydrogens is 351 g/mol. The summed E-state index contributed by atoms with van der Waals surface area (Å²) in [5.41, 5.74) is 0.412. The van der Waals surface area contributed by atoms with Crippen molar-refractivity contribution in [2.45, 2.75) is 25.6 Å². The van der Waals surface area contributed by atoms with Gasteiger partial charge in [-0.2, -0.15) is 13.2 Å². The fourth-order valence-electron chi connectivity index (χ4n) is 3.15. The van der Waals surface area contributed by atoms with Crippen LogP contribution in [0, 0.1) is 0 Å². The molecule has 1 N–H and O–H groups in total. The maximum absolute atomic E-state index is 12.8. The van der Waals surface area contributed by atoms with E-state index in [2.05, 4.69) is 11.4 Å². The van der Waals surface area contributed by atoms with Crippen LogP contribution >= 0.6 is 0 Å². The van der Waals surface area contributed by atoms with Crippen molar-refractivity contribution in [3.63, 3.8) is 0 Å². The van der Waals surface area contributed by atoms with Gasteiger partial charge in [0.2, 0.25) is 0 Å². The van der Waals surface area contributed by atoms with Gasteiger partial charge in [-0.1, -0.05) is 54.6 Å². The number of hydrogen-bond acceptors (Lipinski definition) is 2. The minimum absolute atomic E-state index is 0.0189. The van der Waals surface area contributed by atoms with Gasteiger partial charge in [0, 0.05) is 24.6 Å². The number of ketones is 1. The van der Waals surface area contributed by atoms with E-state index < -0.39 is 11.7 Å². The molecule has 5 heteroatoms. The molecule has 0 aromatic heterocycles. The minimum atomic E-state index is -4.45. The van der Waals surface area contributed by atoms with Gasteiger partial charge < -0.3 is 5.32 Å². The number of nitrogens with one attached hydrogen (secondary N) is 1. The van der Waals surface area contributed by atoms with Crippen molar-refractivity contribution < 1.29 is 18.0 Å². The highest BCUT2D eigenvalue weighted by Gasteiger charge is 2.30. The molecule has 27 heavy (non-hydrogen) atoms. The lowest BCUT2D eigenvalue weighted by atomic mass is 9.99. The van der Waals surface area contributed by atoms with Gasteiger partial charge >= 0.3 is 6.18 Å². The zero-order valence-electron chi connectivity index (χ0n) is 14.9. The molecule has 0 saturated carbocycles. The normalized spacial score (nSPS) is 12.9. The number of carbonyl (C=O) groups excluding carboxylic acids is 1. The Bertz CT molecular complexity index is 944. The molecule has 3 aromatic rings. The van der Waals surface area contributed by atoms with Gasteiger partial charge in [0.25, 0.3) is 0 Å². The predicted molar refractivity (Wildman–Crippen MR) is 101 cm³/mol. The molecule has 0 amide bonds. The monoisotopic (exact) mass is 371 g/mol. The van der Waals surface area contributed by atoms with Crippen molar-refractivity contribution in [3.05, 3.63) is 83.4 Å². The summed E-state index contributed by atoms with van der Waals surface area (Å²) in [5.74, 6) is -0.307. The Morgan fingerprint density at radius 2 is 1.70 bits per heavy atom. The first-order valence-corrected chi connectivity index (χ1v) is 8.78. The van der Waals surface area contributed by atoms with E-state index in [1.807, 2.05) is 43.3 Å². The van der Waals surface area contributed by atoms with Crippen LogP contribution in [0.4, 0.5) is 13.2 Å². The minimum Gasteiger partial charge on any atom is -0.310 e. The molecule has 0 spiro atoms. The van der Waals surface area contributed by atoms with E-state index in [9.17, 15) is 18.0 Å². The van der Waals surface area contributed by atoms with Crippen LogP contribution in [0.25, 0.3) is 10.8 Å². The summed E-state index contributed by atoms with van der Waals surface area (Å²) in [7, 11) is 0. The molecule has 0 aliphatic heterocycles. The van der Waals surface area contributed by atoms with Crippen molar-refractivity contribution >= 4 is 16.6 Å². The van der Waals surface area contributed by atoms with E-state index in [4.69, 9.17) is 0 Å². The average molecular weight is 371 g/mol. The highest BCUT2D eigenvalue weighted by molar-refractivity contribution is 5.96. The lowest BCUT2D eigenvalue weighted by Crippen LogP contribution is -2.22. The first-order valence-electron chi connectivity index (χ1n) is 8.78. The SMILES string of the molecule is CC(NCCC(=O)c1cccc(C(F)(F)F)c1)c1cccc2ccccc12. The highest BCUT2D eigenvalue weighted by Crippen LogP contribution is 2.29. The van der Waals surface area contributed by atoms with Crippen molar-refractivity contribution in [3.8, 4) is 0 Å². The van der Waals surface area contributed by atoms with E-state index in [-0.39, 0.29) is 23.8 Å². The molecule has 0 fully saturated rings. The van der Waals surface area contributed by atoms with Gasteiger partial charge in [-0.3, -0.25) is 4.79 Å². The largest absolute Gasteiger partial charge is 0.416 e. The number of fused-ring (bicyclic) bond motifs is 1. The Morgan fingerprint density at radius 1 is 1.00 bits per heavy atom. The molecule has 1 atom stereocenters. The van der Waals surface area contributed by atoms with Crippen molar-refractivity contribution in [2.75, 3.05) is 6.54 Å². The predicted octanol–water partition coefficient (Wildman–Crippen LogP) is 5.78. The molecule has 0 aliphatic carbocycles. The molecule has 0 aliphatic rings. The summed E-state index contributed by atoms with van der Waals surface area (Å²) in [4.78, 5) is 12.2. The van der Waals surface area contributed by atoms with Gasteiger partial charge in [0.15, 0.2) is 5.78 Å². The molecule has 0 saturated heterocycles. The number of carbonyl (C=O) groups is 1. The number of alkyl halides is 3. The number of Topliss-reactive ketones (excluding diaryl/α,β-unsaturated/α-hetero) is 1. The molecule has 3 rings (SSSR count). The number of halogens is 3. The van der Waals surface area contributed by atoms with Crippen molar-refractivity contribution in [1.82, 2.24) is 5.32 Å². The van der Waals surface area contributed by atoms with E-state index in [0.29, 0.717) is 6.54 Å². The van der Waals surface area contributed by atoms with Gasteiger partial charge in [-0.15, -0.1) is 0 Å². The van der Waals surface area contributed by atoms with Crippen LogP contribution in [-0.2, 0) is 6.18 Å². The number of hydrogen-bond donors (Lipinski definition) is 1. The molecule has 0 bridgehead atoms. The summed E-state index contributed by atoms with van der Waals surface area (Å²) in [6.07, 6.45) is -4.31. The van der Waals surface area contributed by atoms with Crippen LogP contribution in [0.3, 0.4) is 0 Å². The van der Waals surface area contributed by atoms with Crippen LogP contribution < -0.4 is 5.32 Å². The second kappa shape index (κ2) is 7.92. The van der Waals surface area contributed by atoms with Crippen LogP contribution in [0.2, 0.25) is 0 Å². The standard InChI is InChI=1S/C22H20F3NO/c1-15(19-11-5-7-16-6-2-3-10-20(16)19)26-13-12-21(27)17-8-4-9-18(14-17)22(23,24)25/h2-11,14-15,26H,12-13H2,1H3. The summed E-state index contributed by atoms with van der Waals surface area (Å²) >= 11 is 0. The van der Waals surface area contributed by atoms with Crippen LogP contribution in [0.1, 0.15) is 40.9 Å². The number of benzene rings is 3. The zero-order valence-corrected chi connectivity index (χ0v) is 14.9. The Morgan fingerprint density at radius 3 is 2.48 bits per heavy atom. The fraction of sp³-hybridized carbons (Fsp3) is 0.227. The zero-order chi connectivity index (χ0) is 19.4. The molecule has 2 nitrogen and oxygen atoms in total. The highest BCUT2D eigenvalue weighted by atomic mass is 19.4. The van der Waals surface area contributed by atoms with Gasteiger partial charge in [0.1, 0.15) is 0 Å². The third kappa shape index (κ3) is 4.55. The van der Waals surface area contributed by atoms with Gasteiger partial charge in [-0.05, 0) is 35.4 Å². The molecule has 0 radical (unpaired) electrons. The van der Waals surface area contributed by atoms with E-state index in [1.54, 1.807) is 0 Å². The molecule has 0 heterocycles. The Kier molecular flexibility index (Phi) is 5.61. The molecule has 1 unspecified atom stereocenters. The summed E-state index contributed by atoms with van der Waals surface area (Å²) in [5, 5.41) is 5.58. The third-order valence-electron chi connectivity index (χ3n) is 4.60. The second-order valence-electron chi connectivity index (χ2n) is 6.50. The molecule has 3 aromatic carbocycles. The maximum atomic E-state index is 12.8. The Balaban J connectivity index is 1.63. The Hall–Kier alpha value is -2.66. The third-order valence-corrected chi connectivity index (χ3v) is 4.60. The summed E-state index contributed by atoms with van der Waals surface area (Å²) in [6, 6.07) is 18.7. The molecule has 140 valence electrons. The van der Waals surface area contributed by atoms with Crippen LogP contribution in [0.15, 0.2) is 66.7 Å². The van der Waals surface area contributed by atoms with Crippen LogP contribution in [0.5, 0.6) is 0 Å². The van der Waals surface area contributed by atoms with Crippen molar-refractivity contribution in [1.29, 1.82) is 0 Å². The molecular formula is C22H20F3NO. The average Bonchev–Trinajstić information content (AvgIpc) is 2.66. The summed E-state index contributed by atoms with van der Waals surface area (Å²) in [6.45, 7) is 2.40. The second-order valence-corrected chi connectivity index (χ2v) is 6.50. The Labute approximate surface area is 156 Å². The number of rotatable bonds is 6. The first kappa shape index (κ1) is 19.1. The van der Waals surface area contributed by atoms with Gasteiger partial charge in [-0.25, -0.2) is 0 Å². The fourth-order valence-corrected chi connectivity index (χ4v) is 3.15. The first-order chi connectivity index (χ1) is 12.9. The summed E-state index contributed by atoms with van der Waals surface area (Å²) < 4.78 is 38.3. The van der Waals surface area contributed by atoms with E-state index >= 15 is 0 Å². The van der Waals surface area contributed by atoms with Gasteiger partial charge in [0.05, 0.1) is 5.56 Å². The smallest absolute Gasteiger partial charge is 0.310 e. The quantitative estimate of drug-likeness (QED) is 0.556. The lowest BCUT2D eigenvalue weighted by molar-refractivity contribution is -0.137.